The highest BCUT2D eigenvalue weighted by molar-refractivity contribution is 5.77. The predicted octanol–water partition coefficient (Wildman–Crippen LogP) is 3.95. The zero-order chi connectivity index (χ0) is 19.5. The molecule has 3 aromatic carbocycles. The normalized spacial score (nSPS) is 11.1. The van der Waals surface area contributed by atoms with Crippen LogP contribution in [-0.4, -0.2) is 9.55 Å². The summed E-state index contributed by atoms with van der Waals surface area (Å²) < 4.78 is 27.9. The molecule has 0 aliphatic heterocycles. The van der Waals surface area contributed by atoms with Gasteiger partial charge in [-0.3, -0.25) is 9.36 Å². The second-order valence-corrected chi connectivity index (χ2v) is 6.39. The van der Waals surface area contributed by atoms with Crippen LogP contribution in [0.3, 0.4) is 0 Å². The van der Waals surface area contributed by atoms with Crippen molar-refractivity contribution in [1.29, 1.82) is 0 Å². The quantitative estimate of drug-likeness (QED) is 0.573. The van der Waals surface area contributed by atoms with E-state index in [-0.39, 0.29) is 17.2 Å². The zero-order valence-corrected chi connectivity index (χ0v) is 14.9. The molecule has 4 aromatic rings. The fraction of sp³-hybridized carbons (Fsp3) is 0.0909. The number of halogens is 2. The molecule has 1 aromatic heterocycles. The van der Waals surface area contributed by atoms with E-state index < -0.39 is 0 Å². The van der Waals surface area contributed by atoms with Crippen molar-refractivity contribution >= 4 is 10.9 Å². The summed E-state index contributed by atoms with van der Waals surface area (Å²) in [5.74, 6) is -0.149. The molecule has 0 aliphatic rings. The summed E-state index contributed by atoms with van der Waals surface area (Å²) in [6, 6.07) is 19.0. The van der Waals surface area contributed by atoms with Crippen LogP contribution in [0, 0.1) is 11.6 Å². The maximum atomic E-state index is 13.3. The Labute approximate surface area is 160 Å². The van der Waals surface area contributed by atoms with E-state index in [0.717, 1.165) is 5.56 Å². The van der Waals surface area contributed by atoms with Crippen LogP contribution in [0.1, 0.15) is 11.4 Å². The van der Waals surface area contributed by atoms with Gasteiger partial charge in [0.05, 0.1) is 23.1 Å². The van der Waals surface area contributed by atoms with E-state index in [4.69, 9.17) is 0 Å². The summed E-state index contributed by atoms with van der Waals surface area (Å²) in [6.45, 7) is 0.807. The van der Waals surface area contributed by atoms with E-state index in [1.807, 2.05) is 6.07 Å². The first-order valence-electron chi connectivity index (χ1n) is 8.83. The lowest BCUT2D eigenvalue weighted by atomic mass is 10.2. The third-order valence-corrected chi connectivity index (χ3v) is 4.46. The maximum absolute atomic E-state index is 13.3. The van der Waals surface area contributed by atoms with Crippen LogP contribution in [0.4, 0.5) is 8.78 Å². The van der Waals surface area contributed by atoms with Gasteiger partial charge < -0.3 is 5.32 Å². The third-order valence-electron chi connectivity index (χ3n) is 4.46. The Morgan fingerprint density at radius 1 is 0.821 bits per heavy atom. The largest absolute Gasteiger partial charge is 0.306 e. The van der Waals surface area contributed by atoms with E-state index >= 15 is 0 Å². The highest BCUT2D eigenvalue weighted by Crippen LogP contribution is 2.14. The van der Waals surface area contributed by atoms with Crippen LogP contribution in [-0.2, 0) is 13.1 Å². The molecule has 0 saturated heterocycles. The van der Waals surface area contributed by atoms with Crippen molar-refractivity contribution < 1.29 is 8.78 Å². The minimum Gasteiger partial charge on any atom is -0.306 e. The maximum Gasteiger partial charge on any atom is 0.266 e. The number of rotatable bonds is 5. The van der Waals surface area contributed by atoms with Gasteiger partial charge >= 0.3 is 0 Å². The van der Waals surface area contributed by atoms with Crippen molar-refractivity contribution in [2.75, 3.05) is 0 Å². The van der Waals surface area contributed by atoms with Crippen molar-refractivity contribution in [3.05, 3.63) is 106 Å². The van der Waals surface area contributed by atoms with E-state index in [9.17, 15) is 13.6 Å². The van der Waals surface area contributed by atoms with Gasteiger partial charge in [-0.05, 0) is 54.1 Å². The molecule has 0 unspecified atom stereocenters. The molecule has 0 amide bonds. The highest BCUT2D eigenvalue weighted by atomic mass is 19.1. The van der Waals surface area contributed by atoms with Crippen molar-refractivity contribution in [1.82, 2.24) is 14.9 Å². The standard InChI is InChI=1S/C22H17F2N3O/c23-16-7-5-15(6-8-16)13-25-14-21-26-20-4-2-1-3-19(20)22(28)27(21)18-11-9-17(24)10-12-18/h1-12,25H,13-14H2. The van der Waals surface area contributed by atoms with Gasteiger partial charge in [-0.15, -0.1) is 0 Å². The van der Waals surface area contributed by atoms with Gasteiger partial charge in [-0.1, -0.05) is 24.3 Å². The number of para-hydroxylation sites is 1. The SMILES string of the molecule is O=c1c2ccccc2nc(CNCc2ccc(F)cc2)n1-c1ccc(F)cc1. The molecular weight excluding hydrogens is 360 g/mol. The Morgan fingerprint density at radius 2 is 1.46 bits per heavy atom. The predicted molar refractivity (Wildman–Crippen MR) is 104 cm³/mol. The van der Waals surface area contributed by atoms with Crippen molar-refractivity contribution in [2.45, 2.75) is 13.1 Å². The average Bonchev–Trinajstić information content (AvgIpc) is 2.71. The summed E-state index contributed by atoms with van der Waals surface area (Å²) in [6.07, 6.45) is 0. The zero-order valence-electron chi connectivity index (χ0n) is 14.9. The smallest absolute Gasteiger partial charge is 0.266 e. The van der Waals surface area contributed by atoms with Crippen LogP contribution in [0.15, 0.2) is 77.6 Å². The van der Waals surface area contributed by atoms with Crippen LogP contribution in [0.25, 0.3) is 16.6 Å². The third kappa shape index (κ3) is 3.68. The number of hydrogen-bond acceptors (Lipinski definition) is 3. The Bertz CT molecular complexity index is 1170. The lowest BCUT2D eigenvalue weighted by Crippen LogP contribution is -2.27. The van der Waals surface area contributed by atoms with Gasteiger partial charge in [-0.25, -0.2) is 13.8 Å². The highest BCUT2D eigenvalue weighted by Gasteiger charge is 2.12. The summed E-state index contributed by atoms with van der Waals surface area (Å²) in [4.78, 5) is 17.7. The van der Waals surface area contributed by atoms with E-state index in [1.54, 1.807) is 42.5 Å². The lowest BCUT2D eigenvalue weighted by Gasteiger charge is -2.14. The number of nitrogens with one attached hydrogen (secondary N) is 1. The van der Waals surface area contributed by atoms with Crippen LogP contribution in [0.5, 0.6) is 0 Å². The molecule has 0 saturated carbocycles. The number of aromatic nitrogens is 2. The molecule has 0 radical (unpaired) electrons. The molecule has 0 atom stereocenters. The molecule has 0 fully saturated rings. The molecule has 0 aliphatic carbocycles. The van der Waals surface area contributed by atoms with Crippen molar-refractivity contribution in [2.24, 2.45) is 0 Å². The molecule has 1 N–H and O–H groups in total. The number of fused-ring (bicyclic) bond motifs is 1. The number of nitrogens with zero attached hydrogens (tertiary/aromatic N) is 2. The van der Waals surface area contributed by atoms with Crippen molar-refractivity contribution in [3.8, 4) is 5.69 Å². The average molecular weight is 377 g/mol. The second-order valence-electron chi connectivity index (χ2n) is 6.39. The molecule has 0 spiro atoms. The summed E-state index contributed by atoms with van der Waals surface area (Å²) >= 11 is 0. The van der Waals surface area contributed by atoms with Gasteiger partial charge in [0, 0.05) is 6.54 Å². The van der Waals surface area contributed by atoms with Crippen molar-refractivity contribution in [3.63, 3.8) is 0 Å². The first-order valence-corrected chi connectivity index (χ1v) is 8.83. The minimum atomic E-state index is -0.374. The van der Waals surface area contributed by atoms with Gasteiger partial charge in [0.2, 0.25) is 0 Å². The first kappa shape index (κ1) is 18.0. The van der Waals surface area contributed by atoms with Gasteiger partial charge in [-0.2, -0.15) is 0 Å². The molecule has 140 valence electrons. The van der Waals surface area contributed by atoms with Gasteiger partial charge in [0.25, 0.3) is 5.56 Å². The molecule has 6 heteroatoms. The molecule has 28 heavy (non-hydrogen) atoms. The van der Waals surface area contributed by atoms with Gasteiger partial charge in [0.1, 0.15) is 17.5 Å². The van der Waals surface area contributed by atoms with Crippen LogP contribution in [0.2, 0.25) is 0 Å². The molecule has 0 bridgehead atoms. The molecule has 4 rings (SSSR count). The number of hydrogen-bond donors (Lipinski definition) is 1. The molecular formula is C22H17F2N3O. The van der Waals surface area contributed by atoms with E-state index in [2.05, 4.69) is 10.3 Å². The summed E-state index contributed by atoms with van der Waals surface area (Å²) in [7, 11) is 0. The fourth-order valence-electron chi connectivity index (χ4n) is 3.07. The summed E-state index contributed by atoms with van der Waals surface area (Å²) in [5, 5.41) is 3.73. The lowest BCUT2D eigenvalue weighted by molar-refractivity contribution is 0.620. The summed E-state index contributed by atoms with van der Waals surface area (Å²) in [5.41, 5.74) is 1.85. The van der Waals surface area contributed by atoms with Crippen LogP contribution >= 0.6 is 0 Å². The topological polar surface area (TPSA) is 46.9 Å². The van der Waals surface area contributed by atoms with E-state index in [0.29, 0.717) is 35.5 Å². The van der Waals surface area contributed by atoms with Gasteiger partial charge in [0.15, 0.2) is 0 Å². The second kappa shape index (κ2) is 7.70. The monoisotopic (exact) mass is 377 g/mol. The Kier molecular flexibility index (Phi) is 4.95. The fourth-order valence-corrected chi connectivity index (χ4v) is 3.07. The Morgan fingerprint density at radius 3 is 2.18 bits per heavy atom. The van der Waals surface area contributed by atoms with E-state index in [1.165, 1.54) is 28.8 Å². The van der Waals surface area contributed by atoms with Crippen LogP contribution < -0.4 is 10.9 Å². The molecule has 4 nitrogen and oxygen atoms in total. The minimum absolute atomic E-state index is 0.212. The Hall–Kier alpha value is -3.38. The molecule has 1 heterocycles. The number of benzene rings is 3. The Balaban J connectivity index is 1.71. The first-order chi connectivity index (χ1) is 13.6.